The van der Waals surface area contributed by atoms with E-state index in [0.29, 0.717) is 12.8 Å². The summed E-state index contributed by atoms with van der Waals surface area (Å²) in [5, 5.41) is 9.23. The van der Waals surface area contributed by atoms with Crippen LogP contribution in [-0.2, 0) is 14.3 Å². The van der Waals surface area contributed by atoms with Crippen LogP contribution in [-0.4, -0.2) is 23.1 Å². The van der Waals surface area contributed by atoms with Crippen LogP contribution in [0.1, 0.15) is 111 Å². The lowest BCUT2D eigenvalue weighted by atomic mass is 9.81. The van der Waals surface area contributed by atoms with Gasteiger partial charge in [0.05, 0.1) is 11.8 Å². The molecule has 0 amide bonds. The Morgan fingerprint density at radius 2 is 1.52 bits per heavy atom. The van der Waals surface area contributed by atoms with Crippen LogP contribution in [0.15, 0.2) is 0 Å². The summed E-state index contributed by atoms with van der Waals surface area (Å²) >= 11 is 0. The van der Waals surface area contributed by atoms with Crippen molar-refractivity contribution in [3.05, 3.63) is 0 Å². The number of rotatable bonds is 14. The van der Waals surface area contributed by atoms with Crippen molar-refractivity contribution in [2.75, 3.05) is 0 Å². The molecule has 1 N–H and O–H groups in total. The van der Waals surface area contributed by atoms with Gasteiger partial charge < -0.3 is 9.84 Å². The fourth-order valence-corrected chi connectivity index (χ4v) is 4.05. The van der Waals surface area contributed by atoms with Crippen LogP contribution in [0.2, 0.25) is 0 Å². The maximum Gasteiger partial charge on any atom is 0.309 e. The molecule has 3 unspecified atom stereocenters. The minimum atomic E-state index is -0.770. The van der Waals surface area contributed by atoms with Gasteiger partial charge in [0.1, 0.15) is 6.10 Å². The highest BCUT2D eigenvalue weighted by atomic mass is 16.5. The van der Waals surface area contributed by atoms with Gasteiger partial charge in [-0.1, -0.05) is 65.7 Å². The Hall–Kier alpha value is -1.06. The van der Waals surface area contributed by atoms with Crippen molar-refractivity contribution in [2.24, 2.45) is 17.8 Å². The summed E-state index contributed by atoms with van der Waals surface area (Å²) in [4.78, 5) is 23.8. The molecule has 158 valence electrons. The molecular weight excluding hydrogens is 340 g/mol. The summed E-state index contributed by atoms with van der Waals surface area (Å²) in [5.74, 6) is -0.746. The SMILES string of the molecule is CCCCCC(CCCCCCC(C)C)OC(=O)C1CCCC(C(=O)O)C1. The second-order valence-corrected chi connectivity index (χ2v) is 8.84. The predicted molar refractivity (Wildman–Crippen MR) is 110 cm³/mol. The molecule has 1 aliphatic carbocycles. The standard InChI is InChI=1S/C23H42O4/c1-4-5-8-15-21(16-10-7-6-9-12-18(2)3)27-23(26)20-14-11-13-19(17-20)22(24)25/h18-21H,4-17H2,1-3H3,(H,24,25). The summed E-state index contributed by atoms with van der Waals surface area (Å²) in [6, 6.07) is 0. The summed E-state index contributed by atoms with van der Waals surface area (Å²) in [6.45, 7) is 6.72. The van der Waals surface area contributed by atoms with Gasteiger partial charge in [-0.2, -0.15) is 0 Å². The van der Waals surface area contributed by atoms with Crippen molar-refractivity contribution in [2.45, 2.75) is 117 Å². The van der Waals surface area contributed by atoms with E-state index in [-0.39, 0.29) is 23.9 Å². The number of carboxylic acid groups (broad SMARTS) is 1. The highest BCUT2D eigenvalue weighted by molar-refractivity contribution is 5.75. The molecule has 1 aliphatic rings. The van der Waals surface area contributed by atoms with Gasteiger partial charge in [0.15, 0.2) is 0 Å². The first-order valence-electron chi connectivity index (χ1n) is 11.4. The van der Waals surface area contributed by atoms with Crippen molar-refractivity contribution in [1.82, 2.24) is 0 Å². The van der Waals surface area contributed by atoms with Crippen molar-refractivity contribution in [1.29, 1.82) is 0 Å². The van der Waals surface area contributed by atoms with Crippen LogP contribution < -0.4 is 0 Å². The molecule has 0 aromatic rings. The van der Waals surface area contributed by atoms with Crippen molar-refractivity contribution < 1.29 is 19.4 Å². The minimum absolute atomic E-state index is 0.0133. The third-order valence-electron chi connectivity index (χ3n) is 5.83. The van der Waals surface area contributed by atoms with Crippen LogP contribution >= 0.6 is 0 Å². The maximum absolute atomic E-state index is 12.6. The van der Waals surface area contributed by atoms with Gasteiger partial charge in [-0.3, -0.25) is 9.59 Å². The Morgan fingerprint density at radius 3 is 2.11 bits per heavy atom. The largest absolute Gasteiger partial charge is 0.481 e. The maximum atomic E-state index is 12.6. The lowest BCUT2D eigenvalue weighted by Crippen LogP contribution is -2.31. The first-order chi connectivity index (χ1) is 12.9. The molecule has 0 aromatic carbocycles. The number of hydrogen-bond acceptors (Lipinski definition) is 3. The minimum Gasteiger partial charge on any atom is -0.481 e. The number of carbonyl (C=O) groups is 2. The van der Waals surface area contributed by atoms with E-state index in [2.05, 4.69) is 20.8 Å². The van der Waals surface area contributed by atoms with Crippen molar-refractivity contribution in [3.8, 4) is 0 Å². The number of unbranched alkanes of at least 4 members (excludes halogenated alkanes) is 5. The summed E-state index contributed by atoms with van der Waals surface area (Å²) < 4.78 is 5.88. The van der Waals surface area contributed by atoms with Crippen LogP contribution in [0.25, 0.3) is 0 Å². The monoisotopic (exact) mass is 382 g/mol. The molecular formula is C23H42O4. The Kier molecular flexibility index (Phi) is 12.4. The van der Waals surface area contributed by atoms with Gasteiger partial charge in [-0.25, -0.2) is 0 Å². The van der Waals surface area contributed by atoms with Crippen LogP contribution in [0.3, 0.4) is 0 Å². The zero-order chi connectivity index (χ0) is 20.1. The summed E-state index contributed by atoms with van der Waals surface area (Å²) in [7, 11) is 0. The number of aliphatic carboxylic acids is 1. The molecule has 4 nitrogen and oxygen atoms in total. The Balaban J connectivity index is 2.40. The van der Waals surface area contributed by atoms with Gasteiger partial charge >= 0.3 is 11.9 Å². The van der Waals surface area contributed by atoms with Crippen molar-refractivity contribution >= 4 is 11.9 Å². The number of carboxylic acids is 1. The van der Waals surface area contributed by atoms with E-state index >= 15 is 0 Å². The molecule has 1 rings (SSSR count). The molecule has 0 heterocycles. The van der Waals surface area contributed by atoms with Gasteiger partial charge in [-0.05, 0) is 50.9 Å². The Labute approximate surface area is 166 Å². The molecule has 0 saturated heterocycles. The Bertz CT molecular complexity index is 419. The highest BCUT2D eigenvalue weighted by Gasteiger charge is 2.32. The average Bonchev–Trinajstić information content (AvgIpc) is 2.64. The molecule has 0 spiro atoms. The van der Waals surface area contributed by atoms with E-state index in [1.165, 1.54) is 38.5 Å². The number of carbonyl (C=O) groups excluding carboxylic acids is 1. The predicted octanol–water partition coefficient (Wildman–Crippen LogP) is 6.37. The van der Waals surface area contributed by atoms with Gasteiger partial charge in [0, 0.05) is 0 Å². The zero-order valence-electron chi connectivity index (χ0n) is 17.9. The number of esters is 1. The van der Waals surface area contributed by atoms with E-state index in [1.54, 1.807) is 0 Å². The third kappa shape index (κ3) is 10.8. The van der Waals surface area contributed by atoms with E-state index in [0.717, 1.165) is 44.4 Å². The fourth-order valence-electron chi connectivity index (χ4n) is 4.05. The molecule has 27 heavy (non-hydrogen) atoms. The smallest absolute Gasteiger partial charge is 0.309 e. The van der Waals surface area contributed by atoms with E-state index < -0.39 is 5.97 Å². The average molecular weight is 383 g/mol. The second-order valence-electron chi connectivity index (χ2n) is 8.84. The molecule has 0 aromatic heterocycles. The molecule has 0 bridgehead atoms. The van der Waals surface area contributed by atoms with Gasteiger partial charge in [0.25, 0.3) is 0 Å². The summed E-state index contributed by atoms with van der Waals surface area (Å²) in [6.07, 6.45) is 14.2. The lowest BCUT2D eigenvalue weighted by molar-refractivity contribution is -0.158. The van der Waals surface area contributed by atoms with E-state index in [4.69, 9.17) is 4.74 Å². The number of ether oxygens (including phenoxy) is 1. The van der Waals surface area contributed by atoms with Gasteiger partial charge in [0.2, 0.25) is 0 Å². The molecule has 3 atom stereocenters. The fraction of sp³-hybridized carbons (Fsp3) is 0.913. The van der Waals surface area contributed by atoms with Crippen LogP contribution in [0.4, 0.5) is 0 Å². The van der Waals surface area contributed by atoms with E-state index in [1.807, 2.05) is 0 Å². The number of hydrogen-bond donors (Lipinski definition) is 1. The topological polar surface area (TPSA) is 63.6 Å². The quantitative estimate of drug-likeness (QED) is 0.280. The first kappa shape index (κ1) is 24.0. The van der Waals surface area contributed by atoms with Crippen molar-refractivity contribution in [3.63, 3.8) is 0 Å². The highest BCUT2D eigenvalue weighted by Crippen LogP contribution is 2.31. The molecule has 0 radical (unpaired) electrons. The molecule has 4 heteroatoms. The normalized spacial score (nSPS) is 21.2. The molecule has 1 saturated carbocycles. The summed E-state index contributed by atoms with van der Waals surface area (Å²) in [5.41, 5.74) is 0. The molecule has 0 aliphatic heterocycles. The second kappa shape index (κ2) is 14.0. The first-order valence-corrected chi connectivity index (χ1v) is 11.4. The van der Waals surface area contributed by atoms with Gasteiger partial charge in [-0.15, -0.1) is 0 Å². The van der Waals surface area contributed by atoms with Crippen LogP contribution in [0.5, 0.6) is 0 Å². The van der Waals surface area contributed by atoms with E-state index in [9.17, 15) is 14.7 Å². The van der Waals surface area contributed by atoms with Crippen LogP contribution in [0, 0.1) is 17.8 Å². The zero-order valence-corrected chi connectivity index (χ0v) is 17.9. The third-order valence-corrected chi connectivity index (χ3v) is 5.83. The molecule has 1 fully saturated rings. The lowest BCUT2D eigenvalue weighted by Gasteiger charge is -2.27. The Morgan fingerprint density at radius 1 is 0.926 bits per heavy atom.